The molecular weight excluding hydrogens is 208 g/mol. The molecule has 1 aliphatic rings. The zero-order valence-electron chi connectivity index (χ0n) is 10.4. The average molecular weight is 230 g/mol. The van der Waals surface area contributed by atoms with Crippen molar-refractivity contribution in [1.29, 1.82) is 0 Å². The first-order valence-electron chi connectivity index (χ1n) is 5.74. The number of likely N-dealkylation sites (tertiary alicyclic amines) is 1. The predicted molar refractivity (Wildman–Crippen MR) is 61.2 cm³/mol. The number of rotatable bonds is 3. The largest absolute Gasteiger partial charge is 0.447 e. The van der Waals surface area contributed by atoms with Crippen molar-refractivity contribution in [3.63, 3.8) is 0 Å². The van der Waals surface area contributed by atoms with Gasteiger partial charge in [-0.2, -0.15) is 0 Å². The SMILES string of the molecule is COC1(CN)CCCN(C(=O)OC(C)C)C1. The maximum Gasteiger partial charge on any atom is 0.410 e. The Morgan fingerprint density at radius 3 is 2.75 bits per heavy atom. The first-order valence-corrected chi connectivity index (χ1v) is 5.74. The van der Waals surface area contributed by atoms with Gasteiger partial charge in [0.05, 0.1) is 18.2 Å². The fourth-order valence-electron chi connectivity index (χ4n) is 1.95. The molecule has 0 aliphatic carbocycles. The molecule has 1 saturated heterocycles. The summed E-state index contributed by atoms with van der Waals surface area (Å²) in [5, 5.41) is 0. The molecule has 0 bridgehead atoms. The Balaban J connectivity index is 2.59. The fraction of sp³-hybridized carbons (Fsp3) is 0.909. The summed E-state index contributed by atoms with van der Waals surface area (Å²) in [7, 11) is 1.64. The molecule has 1 amide bonds. The molecule has 1 rings (SSSR count). The Labute approximate surface area is 96.9 Å². The van der Waals surface area contributed by atoms with Crippen LogP contribution < -0.4 is 5.73 Å². The van der Waals surface area contributed by atoms with Gasteiger partial charge in [0, 0.05) is 20.2 Å². The van der Waals surface area contributed by atoms with Crippen LogP contribution in [-0.4, -0.2) is 49.4 Å². The van der Waals surface area contributed by atoms with Crippen molar-refractivity contribution in [1.82, 2.24) is 4.90 Å². The Morgan fingerprint density at radius 1 is 1.56 bits per heavy atom. The highest BCUT2D eigenvalue weighted by molar-refractivity contribution is 5.68. The molecule has 0 aromatic heterocycles. The zero-order chi connectivity index (χ0) is 12.2. The Bertz CT molecular complexity index is 239. The smallest absolute Gasteiger partial charge is 0.410 e. The second kappa shape index (κ2) is 5.50. The molecule has 5 heteroatoms. The summed E-state index contributed by atoms with van der Waals surface area (Å²) in [5.74, 6) is 0. The van der Waals surface area contributed by atoms with Crippen LogP contribution in [0, 0.1) is 0 Å². The van der Waals surface area contributed by atoms with E-state index in [2.05, 4.69) is 0 Å². The number of methoxy groups -OCH3 is 1. The van der Waals surface area contributed by atoms with Crippen LogP contribution in [0.2, 0.25) is 0 Å². The van der Waals surface area contributed by atoms with Crippen LogP contribution in [0.5, 0.6) is 0 Å². The van der Waals surface area contributed by atoms with Crippen LogP contribution in [0.1, 0.15) is 26.7 Å². The lowest BCUT2D eigenvalue weighted by Crippen LogP contribution is -2.55. The quantitative estimate of drug-likeness (QED) is 0.784. The van der Waals surface area contributed by atoms with E-state index in [1.54, 1.807) is 12.0 Å². The van der Waals surface area contributed by atoms with Crippen molar-refractivity contribution >= 4 is 6.09 Å². The Hall–Kier alpha value is -0.810. The third-order valence-electron chi connectivity index (χ3n) is 2.94. The highest BCUT2D eigenvalue weighted by Gasteiger charge is 2.36. The van der Waals surface area contributed by atoms with Crippen LogP contribution in [0.15, 0.2) is 0 Å². The summed E-state index contributed by atoms with van der Waals surface area (Å²) >= 11 is 0. The minimum atomic E-state index is -0.395. The molecule has 5 nitrogen and oxygen atoms in total. The summed E-state index contributed by atoms with van der Waals surface area (Å²) in [4.78, 5) is 13.4. The molecule has 1 fully saturated rings. The number of nitrogens with two attached hydrogens (primary N) is 1. The lowest BCUT2D eigenvalue weighted by Gasteiger charge is -2.40. The molecule has 0 radical (unpaired) electrons. The number of hydrogen-bond acceptors (Lipinski definition) is 4. The summed E-state index contributed by atoms with van der Waals surface area (Å²) < 4.78 is 10.6. The van der Waals surface area contributed by atoms with E-state index in [0.717, 1.165) is 19.4 Å². The Kier molecular flexibility index (Phi) is 4.56. The summed E-state index contributed by atoms with van der Waals surface area (Å²) in [5.41, 5.74) is 5.31. The van der Waals surface area contributed by atoms with Gasteiger partial charge >= 0.3 is 6.09 Å². The molecule has 1 atom stereocenters. The van der Waals surface area contributed by atoms with Crippen molar-refractivity contribution < 1.29 is 14.3 Å². The van der Waals surface area contributed by atoms with Gasteiger partial charge < -0.3 is 20.1 Å². The molecule has 0 aromatic carbocycles. The molecule has 1 heterocycles. The second-order valence-electron chi connectivity index (χ2n) is 4.55. The molecule has 1 aliphatic heterocycles. The van der Waals surface area contributed by atoms with Crippen LogP contribution in [-0.2, 0) is 9.47 Å². The van der Waals surface area contributed by atoms with E-state index in [4.69, 9.17) is 15.2 Å². The van der Waals surface area contributed by atoms with Gasteiger partial charge in [-0.1, -0.05) is 0 Å². The van der Waals surface area contributed by atoms with Gasteiger partial charge in [-0.3, -0.25) is 0 Å². The minimum absolute atomic E-state index is 0.0933. The van der Waals surface area contributed by atoms with Crippen LogP contribution >= 0.6 is 0 Å². The van der Waals surface area contributed by atoms with Crippen LogP contribution in [0.3, 0.4) is 0 Å². The van der Waals surface area contributed by atoms with E-state index in [1.807, 2.05) is 13.8 Å². The van der Waals surface area contributed by atoms with Crippen molar-refractivity contribution in [3.8, 4) is 0 Å². The first-order chi connectivity index (χ1) is 7.53. The number of nitrogens with zero attached hydrogens (tertiary/aromatic N) is 1. The normalized spacial score (nSPS) is 25.9. The Morgan fingerprint density at radius 2 is 2.25 bits per heavy atom. The molecular formula is C11H22N2O3. The molecule has 94 valence electrons. The second-order valence-corrected chi connectivity index (χ2v) is 4.55. The van der Waals surface area contributed by atoms with Crippen LogP contribution in [0.25, 0.3) is 0 Å². The summed E-state index contributed by atoms with van der Waals surface area (Å²) in [6.45, 7) is 5.35. The standard InChI is InChI=1S/C11H22N2O3/c1-9(2)16-10(14)13-6-4-5-11(7-12,8-13)15-3/h9H,4-8,12H2,1-3H3. The number of amides is 1. The number of hydrogen-bond donors (Lipinski definition) is 1. The van der Waals surface area contributed by atoms with Crippen molar-refractivity contribution in [2.24, 2.45) is 5.73 Å². The number of carbonyl (C=O) groups excluding carboxylic acids is 1. The summed E-state index contributed by atoms with van der Waals surface area (Å²) in [6.07, 6.45) is 1.43. The van der Waals surface area contributed by atoms with Crippen molar-refractivity contribution in [2.45, 2.75) is 38.4 Å². The lowest BCUT2D eigenvalue weighted by molar-refractivity contribution is -0.0568. The monoisotopic (exact) mass is 230 g/mol. The minimum Gasteiger partial charge on any atom is -0.447 e. The van der Waals surface area contributed by atoms with E-state index in [9.17, 15) is 4.79 Å². The zero-order valence-corrected chi connectivity index (χ0v) is 10.4. The van der Waals surface area contributed by atoms with Gasteiger partial charge in [0.25, 0.3) is 0 Å². The lowest BCUT2D eigenvalue weighted by atomic mass is 9.93. The fourth-order valence-corrected chi connectivity index (χ4v) is 1.95. The van der Waals surface area contributed by atoms with Gasteiger partial charge in [-0.15, -0.1) is 0 Å². The molecule has 2 N–H and O–H groups in total. The topological polar surface area (TPSA) is 64.8 Å². The van der Waals surface area contributed by atoms with E-state index < -0.39 is 5.60 Å². The maximum absolute atomic E-state index is 11.7. The summed E-state index contributed by atoms with van der Waals surface area (Å²) in [6, 6.07) is 0. The average Bonchev–Trinajstić information content (AvgIpc) is 2.28. The molecule has 0 spiro atoms. The van der Waals surface area contributed by atoms with Gasteiger partial charge in [0.15, 0.2) is 0 Å². The highest BCUT2D eigenvalue weighted by atomic mass is 16.6. The number of piperidine rings is 1. The molecule has 1 unspecified atom stereocenters. The first kappa shape index (κ1) is 13.3. The third-order valence-corrected chi connectivity index (χ3v) is 2.94. The van der Waals surface area contributed by atoms with Gasteiger partial charge in [0.1, 0.15) is 0 Å². The molecule has 0 aromatic rings. The maximum atomic E-state index is 11.7. The molecule has 0 saturated carbocycles. The van der Waals surface area contributed by atoms with Gasteiger partial charge in [-0.05, 0) is 26.7 Å². The molecule has 16 heavy (non-hydrogen) atoms. The van der Waals surface area contributed by atoms with Crippen molar-refractivity contribution in [3.05, 3.63) is 0 Å². The highest BCUT2D eigenvalue weighted by Crippen LogP contribution is 2.24. The van der Waals surface area contributed by atoms with Crippen LogP contribution in [0.4, 0.5) is 4.79 Å². The third kappa shape index (κ3) is 3.09. The van der Waals surface area contributed by atoms with Gasteiger partial charge in [-0.25, -0.2) is 4.79 Å². The van der Waals surface area contributed by atoms with Gasteiger partial charge in [0.2, 0.25) is 0 Å². The van der Waals surface area contributed by atoms with Crippen molar-refractivity contribution in [2.75, 3.05) is 26.7 Å². The van der Waals surface area contributed by atoms with E-state index in [1.165, 1.54) is 0 Å². The van der Waals surface area contributed by atoms with E-state index in [0.29, 0.717) is 13.1 Å². The number of ether oxygens (including phenoxy) is 2. The number of carbonyl (C=O) groups is 1. The predicted octanol–water partition coefficient (Wildman–Crippen LogP) is 0.971. The van der Waals surface area contributed by atoms with E-state index in [-0.39, 0.29) is 12.2 Å². The van der Waals surface area contributed by atoms with E-state index >= 15 is 0 Å².